The second-order valence-corrected chi connectivity index (χ2v) is 9.55. The van der Waals surface area contributed by atoms with Gasteiger partial charge in [-0.2, -0.15) is 0 Å². The summed E-state index contributed by atoms with van der Waals surface area (Å²) in [6, 6.07) is 5.88. The van der Waals surface area contributed by atoms with Gasteiger partial charge in [-0.25, -0.2) is 0 Å². The van der Waals surface area contributed by atoms with Crippen LogP contribution in [-0.4, -0.2) is 30.9 Å². The summed E-state index contributed by atoms with van der Waals surface area (Å²) in [6.45, 7) is 10.1. The molecule has 4 rings (SSSR count). The number of aryl methyl sites for hydroxylation is 1. The van der Waals surface area contributed by atoms with Gasteiger partial charge < -0.3 is 8.98 Å². The number of rotatable bonds is 10. The van der Waals surface area contributed by atoms with Crippen LogP contribution in [0, 0.1) is 19.8 Å². The normalized spacial score (nSPS) is 14.0. The first-order valence-corrected chi connectivity index (χ1v) is 11.7. The molecule has 0 amide bonds. The van der Waals surface area contributed by atoms with Crippen molar-refractivity contribution in [3.63, 3.8) is 0 Å². The summed E-state index contributed by atoms with van der Waals surface area (Å²) in [7, 11) is 0. The second kappa shape index (κ2) is 8.84. The van der Waals surface area contributed by atoms with Crippen LogP contribution in [0.25, 0.3) is 0 Å². The second-order valence-electron chi connectivity index (χ2n) is 8.61. The number of nitrogens with zero attached hydrogens (tertiary/aromatic N) is 4. The molecule has 6 nitrogen and oxygen atoms in total. The Bertz CT molecular complexity index is 1010. The summed E-state index contributed by atoms with van der Waals surface area (Å²) >= 11 is 1.47. The molecule has 1 aliphatic carbocycles. The lowest BCUT2D eigenvalue weighted by Gasteiger charge is -2.11. The fraction of sp³-hybridized carbons (Fsp3) is 0.522. The van der Waals surface area contributed by atoms with Crippen LogP contribution in [0.5, 0.6) is 0 Å². The zero-order chi connectivity index (χ0) is 21.3. The van der Waals surface area contributed by atoms with Crippen LogP contribution in [0.2, 0.25) is 0 Å². The number of carbonyl (C=O) groups excluding carboxylic acids is 1. The van der Waals surface area contributed by atoms with E-state index >= 15 is 0 Å². The fourth-order valence-electron chi connectivity index (χ4n) is 3.78. The van der Waals surface area contributed by atoms with Gasteiger partial charge in [0.2, 0.25) is 0 Å². The van der Waals surface area contributed by atoms with E-state index in [1.807, 2.05) is 18.2 Å². The van der Waals surface area contributed by atoms with Crippen molar-refractivity contribution in [1.29, 1.82) is 0 Å². The fourth-order valence-corrected chi connectivity index (χ4v) is 4.61. The van der Waals surface area contributed by atoms with E-state index in [0.717, 1.165) is 59.5 Å². The highest BCUT2D eigenvalue weighted by Crippen LogP contribution is 2.40. The average Bonchev–Trinajstić information content (AvgIpc) is 3.15. The molecule has 3 aromatic heterocycles. The molecule has 0 saturated heterocycles. The minimum Gasteiger partial charge on any atom is -0.467 e. The van der Waals surface area contributed by atoms with E-state index in [1.54, 1.807) is 6.26 Å². The number of thioether (sulfide) groups is 1. The SMILES string of the molecule is Cc1cc(C(=O)CSc2nnc(C3CC3)n2Cc2ccco2)c(C)n1CCC(C)C. The van der Waals surface area contributed by atoms with Crippen molar-refractivity contribution in [2.24, 2.45) is 5.92 Å². The first-order valence-electron chi connectivity index (χ1n) is 10.7. The molecule has 0 bridgehead atoms. The number of hydrogen-bond acceptors (Lipinski definition) is 5. The molecule has 0 aromatic carbocycles. The predicted molar refractivity (Wildman–Crippen MR) is 118 cm³/mol. The van der Waals surface area contributed by atoms with Gasteiger partial charge in [0.15, 0.2) is 10.9 Å². The topological polar surface area (TPSA) is 65.8 Å². The third-order valence-corrected chi connectivity index (χ3v) is 6.69. The smallest absolute Gasteiger partial charge is 0.192 e. The van der Waals surface area contributed by atoms with Crippen LogP contribution < -0.4 is 0 Å². The molecular weight excluding hydrogens is 396 g/mol. The van der Waals surface area contributed by atoms with Gasteiger partial charge in [-0.3, -0.25) is 9.36 Å². The maximum absolute atomic E-state index is 13.0. The van der Waals surface area contributed by atoms with Crippen LogP contribution in [0.15, 0.2) is 34.0 Å². The van der Waals surface area contributed by atoms with Crippen LogP contribution in [0.4, 0.5) is 0 Å². The summed E-state index contributed by atoms with van der Waals surface area (Å²) in [5, 5.41) is 9.60. The molecule has 0 unspecified atom stereocenters. The lowest BCUT2D eigenvalue weighted by atomic mass is 10.1. The molecule has 30 heavy (non-hydrogen) atoms. The van der Waals surface area contributed by atoms with Crippen LogP contribution in [-0.2, 0) is 13.1 Å². The summed E-state index contributed by atoms with van der Waals surface area (Å²) in [4.78, 5) is 13.0. The molecule has 7 heteroatoms. The molecule has 160 valence electrons. The molecule has 1 aliphatic rings. The quantitative estimate of drug-likeness (QED) is 0.328. The Morgan fingerprint density at radius 3 is 2.73 bits per heavy atom. The number of ketones is 1. The molecular formula is C23H30N4O2S. The molecule has 1 fully saturated rings. The maximum atomic E-state index is 13.0. The number of carbonyl (C=O) groups is 1. The van der Waals surface area contributed by atoms with Gasteiger partial charge in [-0.1, -0.05) is 25.6 Å². The number of aromatic nitrogens is 4. The molecule has 0 atom stereocenters. The van der Waals surface area contributed by atoms with Crippen LogP contribution in [0.3, 0.4) is 0 Å². The van der Waals surface area contributed by atoms with Crippen molar-refractivity contribution < 1.29 is 9.21 Å². The van der Waals surface area contributed by atoms with Gasteiger partial charge in [-0.15, -0.1) is 10.2 Å². The molecule has 0 spiro atoms. The van der Waals surface area contributed by atoms with Gasteiger partial charge >= 0.3 is 0 Å². The number of furan rings is 1. The van der Waals surface area contributed by atoms with E-state index in [9.17, 15) is 4.79 Å². The Morgan fingerprint density at radius 1 is 1.27 bits per heavy atom. The van der Waals surface area contributed by atoms with Crippen molar-refractivity contribution in [1.82, 2.24) is 19.3 Å². The summed E-state index contributed by atoms with van der Waals surface area (Å²) < 4.78 is 9.91. The molecule has 0 N–H and O–H groups in total. The monoisotopic (exact) mass is 426 g/mol. The Hall–Kier alpha value is -2.28. The van der Waals surface area contributed by atoms with Gasteiger partial charge in [0.25, 0.3) is 0 Å². The van der Waals surface area contributed by atoms with Gasteiger partial charge in [0.05, 0.1) is 18.6 Å². The maximum Gasteiger partial charge on any atom is 0.192 e. The van der Waals surface area contributed by atoms with Gasteiger partial charge in [-0.05, 0) is 57.2 Å². The number of hydrogen-bond donors (Lipinski definition) is 0. The zero-order valence-corrected chi connectivity index (χ0v) is 19.0. The van der Waals surface area contributed by atoms with E-state index in [-0.39, 0.29) is 5.78 Å². The van der Waals surface area contributed by atoms with Crippen molar-refractivity contribution >= 4 is 17.5 Å². The van der Waals surface area contributed by atoms with Crippen molar-refractivity contribution in [3.8, 4) is 0 Å². The highest BCUT2D eigenvalue weighted by Gasteiger charge is 2.31. The molecule has 3 aromatic rings. The standard InChI is InChI=1S/C23H30N4O2S/c1-15(2)9-10-26-16(3)12-20(17(26)4)21(28)14-30-23-25-24-22(18-7-8-18)27(23)13-19-6-5-11-29-19/h5-6,11-12,15,18H,7-10,13-14H2,1-4H3. The third-order valence-electron chi connectivity index (χ3n) is 5.72. The highest BCUT2D eigenvalue weighted by atomic mass is 32.2. The van der Waals surface area contributed by atoms with Crippen molar-refractivity contribution in [3.05, 3.63) is 53.0 Å². The summed E-state index contributed by atoms with van der Waals surface area (Å²) in [6.07, 6.45) is 5.10. The Balaban J connectivity index is 1.47. The molecule has 0 aliphatic heterocycles. The Morgan fingerprint density at radius 2 is 2.07 bits per heavy atom. The van der Waals surface area contributed by atoms with E-state index in [2.05, 4.69) is 47.0 Å². The number of Topliss-reactive ketones (excluding diaryl/α,β-unsaturated/α-hetero) is 1. The van der Waals surface area contributed by atoms with Gasteiger partial charge in [0, 0.05) is 29.4 Å². The Kier molecular flexibility index (Phi) is 6.18. The molecule has 3 heterocycles. The summed E-state index contributed by atoms with van der Waals surface area (Å²) in [5.41, 5.74) is 3.04. The van der Waals surface area contributed by atoms with Crippen LogP contribution in [0.1, 0.15) is 72.4 Å². The molecule has 0 radical (unpaired) electrons. The summed E-state index contributed by atoms with van der Waals surface area (Å²) in [5.74, 6) is 3.51. The lowest BCUT2D eigenvalue weighted by molar-refractivity contribution is 0.102. The first-order chi connectivity index (χ1) is 14.4. The van der Waals surface area contributed by atoms with Crippen molar-refractivity contribution in [2.45, 2.75) is 71.1 Å². The Labute approximate surface area is 182 Å². The average molecular weight is 427 g/mol. The largest absolute Gasteiger partial charge is 0.467 e. The van der Waals surface area contributed by atoms with Crippen LogP contribution >= 0.6 is 11.8 Å². The van der Waals surface area contributed by atoms with E-state index in [1.165, 1.54) is 11.8 Å². The van der Waals surface area contributed by atoms with Crippen molar-refractivity contribution in [2.75, 3.05) is 5.75 Å². The first kappa shape index (κ1) is 21.0. The van der Waals surface area contributed by atoms with E-state index in [4.69, 9.17) is 4.42 Å². The lowest BCUT2D eigenvalue weighted by Crippen LogP contribution is -2.09. The van der Waals surface area contributed by atoms with Gasteiger partial charge in [0.1, 0.15) is 11.6 Å². The predicted octanol–water partition coefficient (Wildman–Crippen LogP) is 5.24. The highest BCUT2D eigenvalue weighted by molar-refractivity contribution is 7.99. The zero-order valence-electron chi connectivity index (χ0n) is 18.2. The van der Waals surface area contributed by atoms with E-state index in [0.29, 0.717) is 24.1 Å². The molecule has 1 saturated carbocycles. The van der Waals surface area contributed by atoms with E-state index < -0.39 is 0 Å². The minimum absolute atomic E-state index is 0.143. The minimum atomic E-state index is 0.143. The third kappa shape index (κ3) is 4.56.